The van der Waals surface area contributed by atoms with E-state index < -0.39 is 0 Å². The van der Waals surface area contributed by atoms with Gasteiger partial charge in [0.05, 0.1) is 6.04 Å². The second-order valence-corrected chi connectivity index (χ2v) is 4.26. The van der Waals surface area contributed by atoms with Crippen molar-refractivity contribution in [2.75, 3.05) is 26.7 Å². The van der Waals surface area contributed by atoms with Crippen molar-refractivity contribution in [1.29, 1.82) is 0 Å². The predicted molar refractivity (Wildman–Crippen MR) is 52.6 cm³/mol. The quantitative estimate of drug-likeness (QED) is 0.705. The van der Waals surface area contributed by atoms with Crippen molar-refractivity contribution in [1.82, 2.24) is 10.2 Å². The van der Waals surface area contributed by atoms with Crippen molar-refractivity contribution in [2.45, 2.75) is 6.04 Å². The van der Waals surface area contributed by atoms with Gasteiger partial charge in [0.2, 0.25) is 0 Å². The molecule has 2 rings (SSSR count). The lowest BCUT2D eigenvalue weighted by atomic mass is 10.2. The SMILES string of the molecule is CN1CCN[C@H](c2cccs2)C1. The van der Waals surface area contributed by atoms with Crippen molar-refractivity contribution in [3.63, 3.8) is 0 Å². The number of likely N-dealkylation sites (N-methyl/N-ethyl adjacent to an activating group) is 1. The molecule has 0 aliphatic carbocycles. The summed E-state index contributed by atoms with van der Waals surface area (Å²) in [6.07, 6.45) is 0. The lowest BCUT2D eigenvalue weighted by Gasteiger charge is -2.30. The second kappa shape index (κ2) is 3.56. The third-order valence-electron chi connectivity index (χ3n) is 2.27. The summed E-state index contributed by atoms with van der Waals surface area (Å²) < 4.78 is 0. The highest BCUT2D eigenvalue weighted by Gasteiger charge is 2.18. The molecule has 0 spiro atoms. The Hall–Kier alpha value is -0.380. The molecule has 3 heteroatoms. The van der Waals surface area contributed by atoms with E-state index in [1.807, 2.05) is 11.3 Å². The molecule has 0 amide bonds. The lowest BCUT2D eigenvalue weighted by Crippen LogP contribution is -2.43. The highest BCUT2D eigenvalue weighted by atomic mass is 32.1. The maximum atomic E-state index is 3.52. The van der Waals surface area contributed by atoms with E-state index in [-0.39, 0.29) is 0 Å². The molecule has 1 aliphatic rings. The average Bonchev–Trinajstić information content (AvgIpc) is 2.56. The van der Waals surface area contributed by atoms with Gasteiger partial charge in [-0.3, -0.25) is 0 Å². The standard InChI is InChI=1S/C9H14N2S/c1-11-5-4-10-8(7-11)9-3-2-6-12-9/h2-3,6,8,10H,4-5,7H2,1H3/t8-/m0/s1. The summed E-state index contributed by atoms with van der Waals surface area (Å²) in [6, 6.07) is 4.89. The van der Waals surface area contributed by atoms with Crippen LogP contribution >= 0.6 is 11.3 Å². The Morgan fingerprint density at radius 1 is 1.67 bits per heavy atom. The van der Waals surface area contributed by atoms with Crippen molar-refractivity contribution >= 4 is 11.3 Å². The minimum atomic E-state index is 0.559. The molecule has 0 bridgehead atoms. The number of piperazine rings is 1. The first-order valence-electron chi connectivity index (χ1n) is 4.31. The largest absolute Gasteiger partial charge is 0.307 e. The lowest BCUT2D eigenvalue weighted by molar-refractivity contribution is 0.243. The normalized spacial score (nSPS) is 25.9. The molecule has 12 heavy (non-hydrogen) atoms. The van der Waals surface area contributed by atoms with Gasteiger partial charge in [-0.2, -0.15) is 0 Å². The zero-order chi connectivity index (χ0) is 8.39. The molecule has 0 saturated carbocycles. The van der Waals surface area contributed by atoms with Gasteiger partial charge in [0, 0.05) is 24.5 Å². The number of hydrogen-bond acceptors (Lipinski definition) is 3. The van der Waals surface area contributed by atoms with Crippen molar-refractivity contribution in [3.8, 4) is 0 Å². The molecule has 1 aromatic heterocycles. The monoisotopic (exact) mass is 182 g/mol. The fourth-order valence-electron chi connectivity index (χ4n) is 1.58. The molecule has 1 aromatic rings. The second-order valence-electron chi connectivity index (χ2n) is 3.28. The fraction of sp³-hybridized carbons (Fsp3) is 0.556. The maximum absolute atomic E-state index is 3.52. The first kappa shape index (κ1) is 8.23. The zero-order valence-corrected chi connectivity index (χ0v) is 8.10. The first-order valence-corrected chi connectivity index (χ1v) is 5.19. The summed E-state index contributed by atoms with van der Waals surface area (Å²) in [4.78, 5) is 3.84. The number of nitrogens with one attached hydrogen (secondary N) is 1. The van der Waals surface area contributed by atoms with Gasteiger partial charge in [-0.05, 0) is 18.5 Å². The minimum absolute atomic E-state index is 0.559. The molecular weight excluding hydrogens is 168 g/mol. The number of nitrogens with zero attached hydrogens (tertiary/aromatic N) is 1. The van der Waals surface area contributed by atoms with Crippen LogP contribution in [-0.2, 0) is 0 Å². The van der Waals surface area contributed by atoms with Gasteiger partial charge in [-0.1, -0.05) is 6.07 Å². The summed E-state index contributed by atoms with van der Waals surface area (Å²) in [6.45, 7) is 3.42. The Morgan fingerprint density at radius 3 is 3.25 bits per heavy atom. The third kappa shape index (κ3) is 1.68. The van der Waals surface area contributed by atoms with E-state index in [9.17, 15) is 0 Å². The maximum Gasteiger partial charge on any atom is 0.0544 e. The molecular formula is C9H14N2S. The zero-order valence-electron chi connectivity index (χ0n) is 7.29. The summed E-state index contributed by atoms with van der Waals surface area (Å²) in [5, 5.41) is 5.67. The Bertz CT molecular complexity index is 233. The summed E-state index contributed by atoms with van der Waals surface area (Å²) in [5.74, 6) is 0. The summed E-state index contributed by atoms with van der Waals surface area (Å²) in [5.41, 5.74) is 0. The molecule has 1 atom stereocenters. The van der Waals surface area contributed by atoms with E-state index in [0.29, 0.717) is 6.04 Å². The fourth-order valence-corrected chi connectivity index (χ4v) is 2.37. The van der Waals surface area contributed by atoms with Gasteiger partial charge < -0.3 is 10.2 Å². The predicted octanol–water partition coefficient (Wildman–Crippen LogP) is 1.32. The minimum Gasteiger partial charge on any atom is -0.307 e. The van der Waals surface area contributed by atoms with Gasteiger partial charge in [0.25, 0.3) is 0 Å². The van der Waals surface area contributed by atoms with Crippen LogP contribution in [0.4, 0.5) is 0 Å². The Morgan fingerprint density at radius 2 is 2.58 bits per heavy atom. The van der Waals surface area contributed by atoms with Crippen LogP contribution in [0.15, 0.2) is 17.5 Å². The van der Waals surface area contributed by atoms with Crippen LogP contribution in [-0.4, -0.2) is 31.6 Å². The van der Waals surface area contributed by atoms with Gasteiger partial charge in [-0.15, -0.1) is 11.3 Å². The van der Waals surface area contributed by atoms with E-state index in [1.165, 1.54) is 11.4 Å². The van der Waals surface area contributed by atoms with Crippen molar-refractivity contribution < 1.29 is 0 Å². The van der Waals surface area contributed by atoms with Crippen LogP contribution in [0.25, 0.3) is 0 Å². The topological polar surface area (TPSA) is 15.3 Å². The van der Waals surface area contributed by atoms with Crippen LogP contribution < -0.4 is 5.32 Å². The van der Waals surface area contributed by atoms with Crippen molar-refractivity contribution in [3.05, 3.63) is 22.4 Å². The molecule has 0 aromatic carbocycles. The van der Waals surface area contributed by atoms with E-state index in [4.69, 9.17) is 0 Å². The van der Waals surface area contributed by atoms with Crippen molar-refractivity contribution in [2.24, 2.45) is 0 Å². The van der Waals surface area contributed by atoms with Crippen LogP contribution in [0.5, 0.6) is 0 Å². The van der Waals surface area contributed by atoms with Crippen LogP contribution in [0.1, 0.15) is 10.9 Å². The molecule has 2 nitrogen and oxygen atoms in total. The molecule has 0 unspecified atom stereocenters. The molecule has 66 valence electrons. The van der Waals surface area contributed by atoms with Crippen LogP contribution in [0.2, 0.25) is 0 Å². The first-order chi connectivity index (χ1) is 5.86. The average molecular weight is 182 g/mol. The molecule has 1 N–H and O–H groups in total. The molecule has 1 saturated heterocycles. The van der Waals surface area contributed by atoms with Crippen LogP contribution in [0, 0.1) is 0 Å². The van der Waals surface area contributed by atoms with Gasteiger partial charge >= 0.3 is 0 Å². The van der Waals surface area contributed by atoms with Crippen LogP contribution in [0.3, 0.4) is 0 Å². The molecule has 0 radical (unpaired) electrons. The highest BCUT2D eigenvalue weighted by Crippen LogP contribution is 2.20. The van der Waals surface area contributed by atoms with E-state index in [0.717, 1.165) is 13.1 Å². The number of rotatable bonds is 1. The molecule has 1 aliphatic heterocycles. The third-order valence-corrected chi connectivity index (χ3v) is 3.25. The van der Waals surface area contributed by atoms with E-state index >= 15 is 0 Å². The highest BCUT2D eigenvalue weighted by molar-refractivity contribution is 7.10. The van der Waals surface area contributed by atoms with E-state index in [1.54, 1.807) is 0 Å². The van der Waals surface area contributed by atoms with Gasteiger partial charge in [0.1, 0.15) is 0 Å². The summed E-state index contributed by atoms with van der Waals surface area (Å²) in [7, 11) is 2.18. The number of thiophene rings is 1. The van der Waals surface area contributed by atoms with Gasteiger partial charge in [-0.25, -0.2) is 0 Å². The summed E-state index contributed by atoms with van der Waals surface area (Å²) >= 11 is 1.84. The number of hydrogen-bond donors (Lipinski definition) is 1. The van der Waals surface area contributed by atoms with Gasteiger partial charge in [0.15, 0.2) is 0 Å². The molecule has 2 heterocycles. The Labute approximate surface area is 77.2 Å². The smallest absolute Gasteiger partial charge is 0.0544 e. The van der Waals surface area contributed by atoms with E-state index in [2.05, 4.69) is 34.8 Å². The Kier molecular flexibility index (Phi) is 2.44. The molecule has 1 fully saturated rings. The Balaban J connectivity index is 2.04.